The molecule has 0 aliphatic heterocycles. The second-order valence-corrected chi connectivity index (χ2v) is 6.94. The van der Waals surface area contributed by atoms with Gasteiger partial charge in [0, 0.05) is 23.4 Å². The standard InChI is InChI=1S/C23H19N3O5/c1-28-19-9-13(10-20(29-2)22(19)30-3)18-11-17-21(31-18)14(6-7-24-17)12-4-5-15-16(8-12)26-23(27)25-15/h4-11H,1-3H3,(H2,25,26,27). The minimum atomic E-state index is -0.241. The highest BCUT2D eigenvalue weighted by molar-refractivity contribution is 5.94. The molecule has 3 aromatic heterocycles. The fourth-order valence-electron chi connectivity index (χ4n) is 3.73. The van der Waals surface area contributed by atoms with Gasteiger partial charge >= 0.3 is 5.69 Å². The first kappa shape index (κ1) is 18.8. The summed E-state index contributed by atoms with van der Waals surface area (Å²) in [6.45, 7) is 0. The van der Waals surface area contributed by atoms with Crippen LogP contribution in [0.2, 0.25) is 0 Å². The third kappa shape index (κ3) is 3.09. The number of benzene rings is 2. The molecule has 8 nitrogen and oxygen atoms in total. The molecule has 0 atom stereocenters. The van der Waals surface area contributed by atoms with E-state index in [1.807, 2.05) is 42.5 Å². The lowest BCUT2D eigenvalue weighted by molar-refractivity contribution is 0.324. The quantitative estimate of drug-likeness (QED) is 0.441. The number of furan rings is 1. The molecule has 5 aromatic rings. The topological polar surface area (TPSA) is 102 Å². The Balaban J connectivity index is 1.67. The van der Waals surface area contributed by atoms with E-state index in [0.717, 1.165) is 27.7 Å². The van der Waals surface area contributed by atoms with Crippen molar-refractivity contribution in [1.29, 1.82) is 0 Å². The van der Waals surface area contributed by atoms with Gasteiger partial charge < -0.3 is 28.6 Å². The molecule has 0 aliphatic carbocycles. The number of fused-ring (bicyclic) bond motifs is 2. The Morgan fingerprint density at radius 2 is 1.58 bits per heavy atom. The van der Waals surface area contributed by atoms with Crippen molar-refractivity contribution < 1.29 is 18.6 Å². The second-order valence-electron chi connectivity index (χ2n) is 6.94. The summed E-state index contributed by atoms with van der Waals surface area (Å²) in [5, 5.41) is 0. The number of imidazole rings is 1. The third-order valence-corrected chi connectivity index (χ3v) is 5.19. The van der Waals surface area contributed by atoms with Gasteiger partial charge in [0.25, 0.3) is 0 Å². The van der Waals surface area contributed by atoms with E-state index in [4.69, 9.17) is 18.6 Å². The van der Waals surface area contributed by atoms with E-state index in [0.29, 0.717) is 34.1 Å². The lowest BCUT2D eigenvalue weighted by atomic mass is 10.1. The first-order chi connectivity index (χ1) is 15.1. The molecule has 8 heteroatoms. The van der Waals surface area contributed by atoms with Gasteiger partial charge in [-0.05, 0) is 35.9 Å². The van der Waals surface area contributed by atoms with Crippen molar-refractivity contribution in [3.05, 3.63) is 59.1 Å². The van der Waals surface area contributed by atoms with Crippen LogP contribution in [0, 0.1) is 0 Å². The molecular formula is C23H19N3O5. The van der Waals surface area contributed by atoms with Crippen molar-refractivity contribution in [3.8, 4) is 39.7 Å². The van der Waals surface area contributed by atoms with Crippen molar-refractivity contribution >= 4 is 22.1 Å². The fraction of sp³-hybridized carbons (Fsp3) is 0.130. The Kier molecular flexibility index (Phi) is 4.39. The van der Waals surface area contributed by atoms with Crippen LogP contribution in [0.3, 0.4) is 0 Å². The first-order valence-corrected chi connectivity index (χ1v) is 9.52. The molecule has 0 saturated carbocycles. The smallest absolute Gasteiger partial charge is 0.323 e. The van der Waals surface area contributed by atoms with E-state index in [1.54, 1.807) is 27.5 Å². The van der Waals surface area contributed by atoms with Gasteiger partial charge in [-0.2, -0.15) is 0 Å². The second kappa shape index (κ2) is 7.24. The predicted octanol–water partition coefficient (Wildman–Crippen LogP) is 4.36. The molecule has 0 unspecified atom stereocenters. The average molecular weight is 417 g/mol. The van der Waals surface area contributed by atoms with Crippen molar-refractivity contribution in [2.45, 2.75) is 0 Å². The van der Waals surface area contributed by atoms with Gasteiger partial charge in [-0.3, -0.25) is 4.98 Å². The van der Waals surface area contributed by atoms with E-state index < -0.39 is 0 Å². The predicted molar refractivity (Wildman–Crippen MR) is 117 cm³/mol. The van der Waals surface area contributed by atoms with Crippen LogP contribution in [0.1, 0.15) is 0 Å². The van der Waals surface area contributed by atoms with Crippen molar-refractivity contribution in [3.63, 3.8) is 0 Å². The number of ether oxygens (including phenoxy) is 3. The van der Waals surface area contributed by atoms with E-state index in [2.05, 4.69) is 15.0 Å². The molecule has 0 spiro atoms. The van der Waals surface area contributed by atoms with Crippen molar-refractivity contribution in [2.75, 3.05) is 21.3 Å². The van der Waals surface area contributed by atoms with Gasteiger partial charge in [-0.1, -0.05) is 6.07 Å². The summed E-state index contributed by atoms with van der Waals surface area (Å²) in [6.07, 6.45) is 1.73. The van der Waals surface area contributed by atoms with Gasteiger partial charge in [0.2, 0.25) is 5.75 Å². The van der Waals surface area contributed by atoms with E-state index in [1.165, 1.54) is 0 Å². The Labute approximate surface area is 176 Å². The molecule has 156 valence electrons. The Morgan fingerprint density at radius 3 is 2.29 bits per heavy atom. The number of aromatic amines is 2. The van der Waals surface area contributed by atoms with Crippen molar-refractivity contribution in [2.24, 2.45) is 0 Å². The van der Waals surface area contributed by atoms with Crippen LogP contribution in [0.5, 0.6) is 17.2 Å². The normalized spacial score (nSPS) is 11.2. The zero-order valence-electron chi connectivity index (χ0n) is 17.1. The molecule has 31 heavy (non-hydrogen) atoms. The summed E-state index contributed by atoms with van der Waals surface area (Å²) in [5.74, 6) is 2.20. The van der Waals surface area contributed by atoms with E-state index >= 15 is 0 Å². The van der Waals surface area contributed by atoms with Crippen molar-refractivity contribution in [1.82, 2.24) is 15.0 Å². The molecule has 3 heterocycles. The lowest BCUT2D eigenvalue weighted by Crippen LogP contribution is -1.99. The molecule has 0 aliphatic rings. The number of methoxy groups -OCH3 is 3. The monoisotopic (exact) mass is 417 g/mol. The summed E-state index contributed by atoms with van der Waals surface area (Å²) < 4.78 is 22.5. The molecular weight excluding hydrogens is 398 g/mol. The van der Waals surface area contributed by atoms with E-state index in [-0.39, 0.29) is 5.69 Å². The Hall–Kier alpha value is -4.20. The number of nitrogens with zero attached hydrogens (tertiary/aromatic N) is 1. The Morgan fingerprint density at radius 1 is 0.839 bits per heavy atom. The van der Waals surface area contributed by atoms with Crippen LogP contribution in [-0.2, 0) is 0 Å². The summed E-state index contributed by atoms with van der Waals surface area (Å²) in [7, 11) is 4.70. The maximum atomic E-state index is 11.6. The minimum absolute atomic E-state index is 0.241. The van der Waals surface area contributed by atoms with Crippen LogP contribution >= 0.6 is 0 Å². The molecule has 0 saturated heterocycles. The van der Waals surface area contributed by atoms with Crippen LogP contribution in [0.15, 0.2) is 57.9 Å². The van der Waals surface area contributed by atoms with Gasteiger partial charge in [-0.25, -0.2) is 4.79 Å². The van der Waals surface area contributed by atoms with Gasteiger partial charge in [0.15, 0.2) is 17.1 Å². The molecule has 0 fully saturated rings. The van der Waals surface area contributed by atoms with Gasteiger partial charge in [-0.15, -0.1) is 0 Å². The molecule has 5 rings (SSSR count). The van der Waals surface area contributed by atoms with Gasteiger partial charge in [0.05, 0.1) is 32.4 Å². The largest absolute Gasteiger partial charge is 0.493 e. The number of aromatic nitrogens is 3. The summed E-state index contributed by atoms with van der Waals surface area (Å²) >= 11 is 0. The molecule has 0 bridgehead atoms. The fourth-order valence-corrected chi connectivity index (χ4v) is 3.73. The SMILES string of the molecule is COc1cc(-c2cc3nccc(-c4ccc5[nH]c(=O)[nH]c5c4)c3o2)cc(OC)c1OC. The van der Waals surface area contributed by atoms with E-state index in [9.17, 15) is 4.79 Å². The number of pyridine rings is 1. The number of H-pyrrole nitrogens is 2. The van der Waals surface area contributed by atoms with Crippen LogP contribution < -0.4 is 19.9 Å². The first-order valence-electron chi connectivity index (χ1n) is 9.52. The average Bonchev–Trinajstić information content (AvgIpc) is 3.39. The highest BCUT2D eigenvalue weighted by Crippen LogP contribution is 2.42. The zero-order valence-corrected chi connectivity index (χ0v) is 17.1. The minimum Gasteiger partial charge on any atom is -0.493 e. The summed E-state index contributed by atoms with van der Waals surface area (Å²) in [6, 6.07) is 13.1. The maximum absolute atomic E-state index is 11.6. The van der Waals surface area contributed by atoms with Crippen LogP contribution in [0.25, 0.3) is 44.6 Å². The maximum Gasteiger partial charge on any atom is 0.323 e. The highest BCUT2D eigenvalue weighted by atomic mass is 16.5. The molecule has 0 amide bonds. The summed E-state index contributed by atoms with van der Waals surface area (Å²) in [4.78, 5) is 21.6. The molecule has 2 N–H and O–H groups in total. The number of nitrogens with one attached hydrogen (secondary N) is 2. The van der Waals surface area contributed by atoms with Crippen LogP contribution in [0.4, 0.5) is 0 Å². The molecule has 0 radical (unpaired) electrons. The number of rotatable bonds is 5. The number of hydrogen-bond donors (Lipinski definition) is 2. The molecule has 2 aromatic carbocycles. The van der Waals surface area contributed by atoms with Crippen LogP contribution in [-0.4, -0.2) is 36.3 Å². The number of hydrogen-bond acceptors (Lipinski definition) is 6. The zero-order chi connectivity index (χ0) is 21.5. The highest BCUT2D eigenvalue weighted by Gasteiger charge is 2.18. The third-order valence-electron chi connectivity index (χ3n) is 5.19. The van der Waals surface area contributed by atoms with Gasteiger partial charge in [0.1, 0.15) is 11.3 Å². The lowest BCUT2D eigenvalue weighted by Gasteiger charge is -2.13. The summed E-state index contributed by atoms with van der Waals surface area (Å²) in [5.41, 5.74) is 5.13. The Bertz CT molecular complexity index is 1450.